The van der Waals surface area contributed by atoms with Crippen molar-refractivity contribution in [3.63, 3.8) is 0 Å². The minimum atomic E-state index is -0.461. The van der Waals surface area contributed by atoms with E-state index in [0.29, 0.717) is 50.2 Å². The summed E-state index contributed by atoms with van der Waals surface area (Å²) in [6.45, 7) is 6.52. The minimum Gasteiger partial charge on any atom is -0.391 e. The molecule has 196 valence electrons. The molecule has 0 saturated carbocycles. The molecule has 2 aromatic rings. The standard InChI is InChI=1S/C28H36N6O3/c1-3-12-33(13-4-2)28(37)23-15-22-10-9-21(16-25(22)30-26(17-23)31-32-29)19-5-7-20(8-6-19)27(36)34-14-11-24(35)18-34/h5-10,15-16,24,26,30,35H,3-4,11-14,17-18H2,1-2H3,(H2,29,31)/t24-,26?/m1/s1. The van der Waals surface area contributed by atoms with Crippen molar-refractivity contribution in [1.82, 2.24) is 9.80 Å². The number of nitrogens with zero attached hydrogens (tertiary/aromatic N) is 4. The number of amides is 2. The van der Waals surface area contributed by atoms with Crippen LogP contribution in [0.25, 0.3) is 17.2 Å². The number of aliphatic hydroxyl groups is 1. The van der Waals surface area contributed by atoms with Crippen LogP contribution in [0.2, 0.25) is 0 Å². The summed E-state index contributed by atoms with van der Waals surface area (Å²) in [4.78, 5) is 29.7. The molecule has 1 fully saturated rings. The lowest BCUT2D eigenvalue weighted by Crippen LogP contribution is -2.34. The predicted octanol–water partition coefficient (Wildman–Crippen LogP) is 4.06. The molecule has 4 N–H and O–H groups in total. The molecule has 2 aromatic carbocycles. The van der Waals surface area contributed by atoms with Gasteiger partial charge in [-0.3, -0.25) is 9.59 Å². The fourth-order valence-corrected chi connectivity index (χ4v) is 4.94. The zero-order valence-corrected chi connectivity index (χ0v) is 21.6. The van der Waals surface area contributed by atoms with Gasteiger partial charge in [-0.1, -0.05) is 43.3 Å². The number of hydrogen-bond donors (Lipinski definition) is 3. The van der Waals surface area contributed by atoms with Crippen LogP contribution in [0, 0.1) is 0 Å². The van der Waals surface area contributed by atoms with Crippen LogP contribution in [0.1, 0.15) is 55.5 Å². The summed E-state index contributed by atoms with van der Waals surface area (Å²) >= 11 is 0. The van der Waals surface area contributed by atoms with E-state index in [2.05, 4.69) is 29.5 Å². The number of aliphatic hydroxyl groups excluding tert-OH is 1. The highest BCUT2D eigenvalue weighted by Gasteiger charge is 2.26. The Hall–Kier alpha value is -3.72. The molecule has 0 bridgehead atoms. The average molecular weight is 505 g/mol. The van der Waals surface area contributed by atoms with Gasteiger partial charge in [-0.15, -0.1) is 5.11 Å². The van der Waals surface area contributed by atoms with Crippen LogP contribution in [0.4, 0.5) is 5.69 Å². The molecule has 1 unspecified atom stereocenters. The van der Waals surface area contributed by atoms with Gasteiger partial charge in [0, 0.05) is 49.4 Å². The quantitative estimate of drug-likeness (QED) is 0.284. The van der Waals surface area contributed by atoms with Crippen LogP contribution >= 0.6 is 0 Å². The average Bonchev–Trinajstić information content (AvgIpc) is 3.25. The molecule has 1 saturated heterocycles. The number of fused-ring (bicyclic) bond motifs is 1. The fraction of sp³-hybridized carbons (Fsp3) is 0.429. The summed E-state index contributed by atoms with van der Waals surface area (Å²) in [5, 5.41) is 20.7. The molecule has 0 radical (unpaired) electrons. The lowest BCUT2D eigenvalue weighted by molar-refractivity contribution is -0.127. The number of carbonyl (C=O) groups excluding carboxylic acids is 2. The Morgan fingerprint density at radius 2 is 1.81 bits per heavy atom. The Bertz CT molecular complexity index is 1170. The first kappa shape index (κ1) is 26.3. The second-order valence-electron chi connectivity index (χ2n) is 9.63. The summed E-state index contributed by atoms with van der Waals surface area (Å²) in [5.41, 5.74) is 4.93. The first-order valence-corrected chi connectivity index (χ1v) is 13.0. The largest absolute Gasteiger partial charge is 0.391 e. The molecule has 0 aromatic heterocycles. The third-order valence-electron chi connectivity index (χ3n) is 6.79. The molecule has 2 amide bonds. The molecule has 2 aliphatic heterocycles. The summed E-state index contributed by atoms with van der Waals surface area (Å²) < 4.78 is 0. The van der Waals surface area contributed by atoms with Crippen molar-refractivity contribution in [2.75, 3.05) is 31.5 Å². The summed E-state index contributed by atoms with van der Waals surface area (Å²) in [6.07, 6.45) is 3.83. The van der Waals surface area contributed by atoms with E-state index in [9.17, 15) is 14.7 Å². The molecule has 2 atom stereocenters. The number of benzene rings is 2. The zero-order chi connectivity index (χ0) is 26.4. The van der Waals surface area contributed by atoms with Crippen molar-refractivity contribution in [3.8, 4) is 11.1 Å². The predicted molar refractivity (Wildman–Crippen MR) is 145 cm³/mol. The van der Waals surface area contributed by atoms with E-state index in [4.69, 9.17) is 5.84 Å². The van der Waals surface area contributed by atoms with Gasteiger partial charge in [0.05, 0.1) is 6.10 Å². The third kappa shape index (κ3) is 6.17. The van der Waals surface area contributed by atoms with Gasteiger partial charge in [-0.25, -0.2) is 0 Å². The number of nitrogens with one attached hydrogen (secondary N) is 1. The highest BCUT2D eigenvalue weighted by atomic mass is 16.3. The van der Waals surface area contributed by atoms with Gasteiger partial charge >= 0.3 is 0 Å². The second-order valence-corrected chi connectivity index (χ2v) is 9.63. The van der Waals surface area contributed by atoms with Gasteiger partial charge in [-0.05, 0) is 60.2 Å². The second kappa shape index (κ2) is 12.0. The number of likely N-dealkylation sites (tertiary alicyclic amines) is 1. The van der Waals surface area contributed by atoms with E-state index in [1.165, 1.54) is 0 Å². The van der Waals surface area contributed by atoms with Gasteiger partial charge in [0.1, 0.15) is 6.17 Å². The molecule has 0 aliphatic carbocycles. The minimum absolute atomic E-state index is 0.0189. The molecule has 37 heavy (non-hydrogen) atoms. The highest BCUT2D eigenvalue weighted by molar-refractivity contribution is 5.99. The van der Waals surface area contributed by atoms with E-state index >= 15 is 0 Å². The molecule has 2 heterocycles. The van der Waals surface area contributed by atoms with Crippen molar-refractivity contribution in [1.29, 1.82) is 0 Å². The zero-order valence-electron chi connectivity index (χ0n) is 21.6. The number of nitrogens with two attached hydrogens (primary N) is 1. The Morgan fingerprint density at radius 3 is 2.43 bits per heavy atom. The number of rotatable bonds is 8. The van der Waals surface area contributed by atoms with Crippen LogP contribution in [0.15, 0.2) is 58.4 Å². The molecular formula is C28H36N6O3. The Kier molecular flexibility index (Phi) is 8.55. The van der Waals surface area contributed by atoms with Crippen LogP contribution in [0.5, 0.6) is 0 Å². The fourth-order valence-electron chi connectivity index (χ4n) is 4.94. The molecule has 9 nitrogen and oxygen atoms in total. The van der Waals surface area contributed by atoms with E-state index in [1.807, 2.05) is 53.4 Å². The van der Waals surface area contributed by atoms with Gasteiger partial charge in [0.15, 0.2) is 0 Å². The lowest BCUT2D eigenvalue weighted by atomic mass is 10.00. The van der Waals surface area contributed by atoms with Crippen LogP contribution in [-0.2, 0) is 4.79 Å². The summed E-state index contributed by atoms with van der Waals surface area (Å²) in [7, 11) is 0. The third-order valence-corrected chi connectivity index (χ3v) is 6.79. The van der Waals surface area contributed by atoms with Gasteiger partial charge in [0.2, 0.25) is 5.91 Å². The summed E-state index contributed by atoms with van der Waals surface area (Å²) in [5.74, 6) is 5.33. The molecule has 9 heteroatoms. The van der Waals surface area contributed by atoms with Crippen molar-refractivity contribution >= 4 is 23.6 Å². The van der Waals surface area contributed by atoms with Crippen molar-refractivity contribution < 1.29 is 14.7 Å². The van der Waals surface area contributed by atoms with Crippen LogP contribution in [0.3, 0.4) is 0 Å². The summed E-state index contributed by atoms with van der Waals surface area (Å²) in [6, 6.07) is 13.5. The van der Waals surface area contributed by atoms with Crippen molar-refractivity contribution in [2.24, 2.45) is 16.2 Å². The maximum atomic E-state index is 13.4. The number of hydrogen-bond acceptors (Lipinski definition) is 6. The van der Waals surface area contributed by atoms with E-state index in [-0.39, 0.29) is 11.8 Å². The Balaban J connectivity index is 1.60. The smallest absolute Gasteiger partial charge is 0.253 e. The van der Waals surface area contributed by atoms with E-state index in [0.717, 1.165) is 35.2 Å². The van der Waals surface area contributed by atoms with Gasteiger partial charge in [0.25, 0.3) is 5.91 Å². The molecule has 2 aliphatic rings. The molecule has 4 rings (SSSR count). The maximum absolute atomic E-state index is 13.4. The van der Waals surface area contributed by atoms with E-state index < -0.39 is 12.3 Å². The monoisotopic (exact) mass is 504 g/mol. The van der Waals surface area contributed by atoms with Crippen LogP contribution < -0.4 is 11.2 Å². The Labute approximate surface area is 218 Å². The Morgan fingerprint density at radius 1 is 1.11 bits per heavy atom. The number of carbonyl (C=O) groups is 2. The number of anilines is 1. The molecular weight excluding hydrogens is 468 g/mol. The van der Waals surface area contributed by atoms with Crippen molar-refractivity contribution in [3.05, 3.63) is 59.2 Å². The number of β-amino-alcohol motifs (C(OH)–C–C–N with tert-alkyl or cyclic N) is 1. The molecule has 0 spiro atoms. The van der Waals surface area contributed by atoms with Gasteiger partial charge < -0.3 is 26.1 Å². The van der Waals surface area contributed by atoms with Crippen molar-refractivity contribution in [2.45, 2.75) is 51.8 Å². The van der Waals surface area contributed by atoms with E-state index in [1.54, 1.807) is 4.90 Å². The lowest BCUT2D eigenvalue weighted by Gasteiger charge is -2.23. The van der Waals surface area contributed by atoms with Crippen LogP contribution in [-0.4, -0.2) is 65.2 Å². The first-order chi connectivity index (χ1) is 17.9. The topological polar surface area (TPSA) is 124 Å². The first-order valence-electron chi connectivity index (χ1n) is 13.0. The maximum Gasteiger partial charge on any atom is 0.253 e. The normalized spacial score (nSPS) is 19.2. The van der Waals surface area contributed by atoms with Gasteiger partial charge in [-0.2, -0.15) is 0 Å². The SMILES string of the molecule is CCCN(CCC)C(=O)C1=Cc2ccc(-c3ccc(C(=O)N4CC[C@@H](O)C4)cc3)cc2NC(N=NN)C1. The highest BCUT2D eigenvalue weighted by Crippen LogP contribution is 2.32.